The van der Waals surface area contributed by atoms with E-state index in [-0.39, 0.29) is 30.1 Å². The topological polar surface area (TPSA) is 159 Å². The summed E-state index contributed by atoms with van der Waals surface area (Å²) in [6.45, 7) is 9.03. The van der Waals surface area contributed by atoms with E-state index in [2.05, 4.69) is 25.2 Å². The first-order valence-corrected chi connectivity index (χ1v) is 15.8. The Bertz CT molecular complexity index is 1480. The van der Waals surface area contributed by atoms with Crippen LogP contribution in [0.15, 0.2) is 29.2 Å². The van der Waals surface area contributed by atoms with Gasteiger partial charge >= 0.3 is 5.97 Å². The molecule has 12 nitrogen and oxygen atoms in total. The van der Waals surface area contributed by atoms with Gasteiger partial charge in [-0.15, -0.1) is 0 Å². The molecule has 3 heterocycles. The zero-order chi connectivity index (χ0) is 29.7. The largest absolute Gasteiger partial charge is 0.462 e. The number of aliphatic hydroxyl groups is 1. The number of ether oxygens (including phenoxy) is 1. The number of fused-ring (bicyclic) bond motifs is 1. The van der Waals surface area contributed by atoms with Crippen LogP contribution in [0.1, 0.15) is 53.7 Å². The Hall–Kier alpha value is -3.33. The van der Waals surface area contributed by atoms with Gasteiger partial charge in [0.05, 0.1) is 29.8 Å². The van der Waals surface area contributed by atoms with Crippen molar-refractivity contribution in [2.45, 2.75) is 58.0 Å². The molecule has 3 aromatic rings. The van der Waals surface area contributed by atoms with Gasteiger partial charge in [-0.1, -0.05) is 37.3 Å². The van der Waals surface area contributed by atoms with E-state index in [1.165, 1.54) is 18.4 Å². The number of anilines is 4. The Kier molecular flexibility index (Phi) is 9.79. The fourth-order valence-electron chi connectivity index (χ4n) is 4.49. The van der Waals surface area contributed by atoms with Crippen molar-refractivity contribution in [3.05, 3.63) is 46.0 Å². The van der Waals surface area contributed by atoms with E-state index in [0.29, 0.717) is 34.0 Å². The van der Waals surface area contributed by atoms with Crippen molar-refractivity contribution in [3.8, 4) is 0 Å². The first kappa shape index (κ1) is 30.6. The minimum atomic E-state index is -3.52. The predicted octanol–water partition coefficient (Wildman–Crippen LogP) is 3.45. The number of hydrogen-bond acceptors (Lipinski definition) is 12. The first-order chi connectivity index (χ1) is 19.6. The summed E-state index contributed by atoms with van der Waals surface area (Å²) < 4.78 is 31.8. The van der Waals surface area contributed by atoms with Crippen LogP contribution in [0.4, 0.5) is 22.7 Å². The van der Waals surface area contributed by atoms with Crippen molar-refractivity contribution in [3.63, 3.8) is 0 Å². The fourth-order valence-corrected chi connectivity index (χ4v) is 6.07. The molecule has 222 valence electrons. The van der Waals surface area contributed by atoms with Crippen LogP contribution < -0.4 is 20.3 Å². The molecule has 1 atom stereocenters. The molecule has 0 fully saturated rings. The summed E-state index contributed by atoms with van der Waals surface area (Å²) in [5.41, 5.74) is 2.43. The normalized spacial score (nSPS) is 14.1. The second kappa shape index (κ2) is 13.1. The number of nitrogens with one attached hydrogen (secondary N) is 3. The highest BCUT2D eigenvalue weighted by Gasteiger charge is 2.26. The van der Waals surface area contributed by atoms with Crippen LogP contribution in [0.2, 0.25) is 0 Å². The summed E-state index contributed by atoms with van der Waals surface area (Å²) in [4.78, 5) is 29.2. The zero-order valence-corrected chi connectivity index (χ0v) is 25.5. The standard InChI is InChI=1S/C27H37N7O5S2/c1-6-39-25(36)22-17(4)29-27(40-22)33-26-31-23(30-21(15-35)16(2)3)20-8-7-13-34(24(20)32-26)14-18-9-11-19(12-10-18)41(37,38)28-5/h9-12,16,21,28,35H,6-8,13-15H2,1-5H3,(H2,29,30,31,32,33). The van der Waals surface area contributed by atoms with E-state index in [4.69, 9.17) is 14.7 Å². The van der Waals surface area contributed by atoms with E-state index in [9.17, 15) is 18.3 Å². The number of rotatable bonds is 12. The molecule has 2 aromatic heterocycles. The summed E-state index contributed by atoms with van der Waals surface area (Å²) >= 11 is 1.17. The maximum absolute atomic E-state index is 12.3. The summed E-state index contributed by atoms with van der Waals surface area (Å²) in [7, 11) is -2.14. The Morgan fingerprint density at radius 3 is 2.56 bits per heavy atom. The highest BCUT2D eigenvalue weighted by atomic mass is 32.2. The molecule has 0 amide bonds. The summed E-state index contributed by atoms with van der Waals surface area (Å²) in [5, 5.41) is 17.0. The third-order valence-electron chi connectivity index (χ3n) is 6.82. The maximum atomic E-state index is 12.3. The fraction of sp³-hybridized carbons (Fsp3) is 0.481. The molecule has 0 bridgehead atoms. The number of thiazole rings is 1. The van der Waals surface area contributed by atoms with E-state index >= 15 is 0 Å². The number of sulfonamides is 1. The predicted molar refractivity (Wildman–Crippen MR) is 160 cm³/mol. The number of carbonyl (C=O) groups is 1. The van der Waals surface area contributed by atoms with Gasteiger partial charge in [0, 0.05) is 18.7 Å². The highest BCUT2D eigenvalue weighted by molar-refractivity contribution is 7.89. The number of aliphatic hydroxyl groups excluding tert-OH is 1. The molecular weight excluding hydrogens is 566 g/mol. The average Bonchev–Trinajstić information content (AvgIpc) is 3.32. The molecule has 4 rings (SSSR count). The number of aryl methyl sites for hydroxylation is 1. The summed E-state index contributed by atoms with van der Waals surface area (Å²) in [5.74, 6) is 1.40. The molecule has 1 unspecified atom stereocenters. The van der Waals surface area contributed by atoms with Gasteiger partial charge in [-0.3, -0.25) is 5.32 Å². The monoisotopic (exact) mass is 603 g/mol. The number of benzene rings is 1. The Morgan fingerprint density at radius 1 is 1.20 bits per heavy atom. The van der Waals surface area contributed by atoms with Gasteiger partial charge in [0.15, 0.2) is 5.13 Å². The van der Waals surface area contributed by atoms with Crippen LogP contribution in [0.5, 0.6) is 0 Å². The molecular formula is C27H37N7O5S2. The smallest absolute Gasteiger partial charge is 0.350 e. The van der Waals surface area contributed by atoms with Gasteiger partial charge in [-0.05, 0) is 57.4 Å². The molecule has 0 radical (unpaired) electrons. The van der Waals surface area contributed by atoms with Crippen molar-refractivity contribution in [2.75, 3.05) is 42.3 Å². The Balaban J connectivity index is 1.69. The third-order valence-corrected chi connectivity index (χ3v) is 9.30. The van der Waals surface area contributed by atoms with Crippen LogP contribution >= 0.6 is 11.3 Å². The van der Waals surface area contributed by atoms with Crippen LogP contribution in [-0.2, 0) is 27.7 Å². The molecule has 0 saturated carbocycles. The molecule has 4 N–H and O–H groups in total. The molecule has 0 spiro atoms. The zero-order valence-electron chi connectivity index (χ0n) is 23.9. The molecule has 1 aliphatic rings. The van der Waals surface area contributed by atoms with Gasteiger partial charge in [-0.25, -0.2) is 22.9 Å². The third kappa shape index (κ3) is 7.12. The van der Waals surface area contributed by atoms with Gasteiger partial charge in [-0.2, -0.15) is 9.97 Å². The van der Waals surface area contributed by atoms with Crippen molar-refractivity contribution in [2.24, 2.45) is 5.92 Å². The second-order valence-corrected chi connectivity index (χ2v) is 12.9. The number of nitrogens with zero attached hydrogens (tertiary/aromatic N) is 4. The molecule has 14 heteroatoms. The van der Waals surface area contributed by atoms with Crippen LogP contribution in [0.25, 0.3) is 0 Å². The molecule has 0 saturated heterocycles. The van der Waals surface area contributed by atoms with Crippen molar-refractivity contribution in [1.29, 1.82) is 0 Å². The van der Waals surface area contributed by atoms with Crippen LogP contribution in [0, 0.1) is 12.8 Å². The number of hydrogen-bond donors (Lipinski definition) is 4. The van der Waals surface area contributed by atoms with Gasteiger partial charge in [0.1, 0.15) is 16.5 Å². The van der Waals surface area contributed by atoms with Crippen molar-refractivity contribution < 1.29 is 23.1 Å². The maximum Gasteiger partial charge on any atom is 0.350 e. The number of aromatic nitrogens is 3. The van der Waals surface area contributed by atoms with Crippen molar-refractivity contribution >= 4 is 50.0 Å². The molecule has 1 aromatic carbocycles. The first-order valence-electron chi connectivity index (χ1n) is 13.5. The lowest BCUT2D eigenvalue weighted by molar-refractivity contribution is 0.0531. The number of carbonyl (C=O) groups excluding carboxylic acids is 1. The second-order valence-electron chi connectivity index (χ2n) is 10.0. The van der Waals surface area contributed by atoms with E-state index in [1.807, 2.05) is 13.8 Å². The lowest BCUT2D eigenvalue weighted by Crippen LogP contribution is -2.34. The average molecular weight is 604 g/mol. The lowest BCUT2D eigenvalue weighted by Gasteiger charge is -2.32. The summed E-state index contributed by atoms with van der Waals surface area (Å²) in [6.07, 6.45) is 1.64. The van der Waals surface area contributed by atoms with Crippen molar-refractivity contribution in [1.82, 2.24) is 19.7 Å². The van der Waals surface area contributed by atoms with E-state index < -0.39 is 16.0 Å². The minimum Gasteiger partial charge on any atom is -0.462 e. The Labute approximate surface area is 244 Å². The number of esters is 1. The summed E-state index contributed by atoms with van der Waals surface area (Å²) in [6, 6.07) is 6.57. The van der Waals surface area contributed by atoms with E-state index in [0.717, 1.165) is 36.3 Å². The highest BCUT2D eigenvalue weighted by Crippen LogP contribution is 2.35. The molecule has 41 heavy (non-hydrogen) atoms. The quantitative estimate of drug-likeness (QED) is 0.225. The van der Waals surface area contributed by atoms with E-state index in [1.54, 1.807) is 38.1 Å². The van der Waals surface area contributed by atoms with Gasteiger partial charge in [0.25, 0.3) is 0 Å². The van der Waals surface area contributed by atoms with Crippen LogP contribution in [0.3, 0.4) is 0 Å². The van der Waals surface area contributed by atoms with Gasteiger partial charge < -0.3 is 20.1 Å². The Morgan fingerprint density at radius 2 is 1.93 bits per heavy atom. The lowest BCUT2D eigenvalue weighted by atomic mass is 10.0. The molecule has 1 aliphatic heterocycles. The molecule has 0 aliphatic carbocycles. The SMILES string of the molecule is CCOC(=O)c1sc(Nc2nc(NC(CO)C(C)C)c3c(n2)N(Cc2ccc(S(=O)(=O)NC)cc2)CCC3)nc1C. The van der Waals surface area contributed by atoms with Gasteiger partial charge in [0.2, 0.25) is 16.0 Å². The minimum absolute atomic E-state index is 0.0562. The van der Waals surface area contributed by atoms with Crippen LogP contribution in [-0.4, -0.2) is 67.3 Å².